The molecule has 2 amide bonds. The van der Waals surface area contributed by atoms with Gasteiger partial charge in [-0.1, -0.05) is 12.1 Å². The zero-order valence-corrected chi connectivity index (χ0v) is 11.7. The summed E-state index contributed by atoms with van der Waals surface area (Å²) in [5.41, 5.74) is 2.08. The van der Waals surface area contributed by atoms with Crippen LogP contribution < -0.4 is 10.6 Å². The second-order valence-corrected chi connectivity index (χ2v) is 4.73. The van der Waals surface area contributed by atoms with E-state index in [9.17, 15) is 14.0 Å². The molecule has 2 aromatic carbocycles. The van der Waals surface area contributed by atoms with Gasteiger partial charge in [0.1, 0.15) is 5.82 Å². The predicted molar refractivity (Wildman–Crippen MR) is 80.2 cm³/mol. The lowest BCUT2D eigenvalue weighted by Crippen LogP contribution is -2.19. The first kappa shape index (κ1) is 14.7. The maximum Gasteiger partial charge on any atom is 0.323 e. The Labute approximate surface area is 122 Å². The molecule has 0 heterocycles. The summed E-state index contributed by atoms with van der Waals surface area (Å²) < 4.78 is 13.2. The van der Waals surface area contributed by atoms with Crippen molar-refractivity contribution in [3.8, 4) is 0 Å². The monoisotopic (exact) mass is 286 g/mol. The highest BCUT2D eigenvalue weighted by Crippen LogP contribution is 2.15. The molecule has 5 heteroatoms. The topological polar surface area (TPSA) is 58.2 Å². The summed E-state index contributed by atoms with van der Waals surface area (Å²) in [7, 11) is 0. The normalized spacial score (nSPS) is 10.0. The van der Waals surface area contributed by atoms with Crippen LogP contribution in [0.1, 0.15) is 22.8 Å². The lowest BCUT2D eigenvalue weighted by molar-refractivity contribution is 0.101. The van der Waals surface area contributed by atoms with E-state index in [1.54, 1.807) is 37.3 Å². The van der Waals surface area contributed by atoms with Gasteiger partial charge in [0.05, 0.1) is 0 Å². The molecular weight excluding hydrogens is 271 g/mol. The molecule has 0 fully saturated rings. The molecule has 0 aliphatic heterocycles. The van der Waals surface area contributed by atoms with E-state index >= 15 is 0 Å². The van der Waals surface area contributed by atoms with Crippen LogP contribution in [0.15, 0.2) is 42.5 Å². The number of ketones is 1. The van der Waals surface area contributed by atoms with Crippen LogP contribution >= 0.6 is 0 Å². The first-order chi connectivity index (χ1) is 9.94. The average Bonchev–Trinajstić information content (AvgIpc) is 2.37. The maximum absolute atomic E-state index is 13.2. The van der Waals surface area contributed by atoms with E-state index in [0.29, 0.717) is 22.5 Å². The molecule has 0 aliphatic rings. The van der Waals surface area contributed by atoms with Crippen molar-refractivity contribution in [2.75, 3.05) is 10.6 Å². The molecule has 0 bridgehead atoms. The number of amides is 2. The number of benzene rings is 2. The molecule has 0 atom stereocenters. The van der Waals surface area contributed by atoms with Crippen molar-refractivity contribution in [2.45, 2.75) is 13.8 Å². The molecule has 0 spiro atoms. The fourth-order valence-electron chi connectivity index (χ4n) is 1.92. The summed E-state index contributed by atoms with van der Waals surface area (Å²) >= 11 is 0. The van der Waals surface area contributed by atoms with Crippen molar-refractivity contribution < 1.29 is 14.0 Å². The number of nitrogens with one attached hydrogen (secondary N) is 2. The Bertz CT molecular complexity index is 678. The fourth-order valence-corrected chi connectivity index (χ4v) is 1.92. The molecule has 0 saturated heterocycles. The van der Waals surface area contributed by atoms with Crippen molar-refractivity contribution in [3.63, 3.8) is 0 Å². The molecule has 0 aliphatic carbocycles. The summed E-state index contributed by atoms with van der Waals surface area (Å²) in [4.78, 5) is 23.1. The predicted octanol–water partition coefficient (Wildman–Crippen LogP) is 3.98. The number of aryl methyl sites for hydroxylation is 1. The molecule has 2 rings (SSSR count). The van der Waals surface area contributed by atoms with Gasteiger partial charge < -0.3 is 10.6 Å². The summed E-state index contributed by atoms with van der Waals surface area (Å²) in [6.07, 6.45) is 0. The Hall–Kier alpha value is -2.69. The van der Waals surface area contributed by atoms with E-state index < -0.39 is 11.8 Å². The zero-order chi connectivity index (χ0) is 15.4. The number of carbonyl (C=O) groups excluding carboxylic acids is 2. The van der Waals surface area contributed by atoms with E-state index in [1.807, 2.05) is 0 Å². The number of carbonyl (C=O) groups is 2. The fraction of sp³-hybridized carbons (Fsp3) is 0.125. The van der Waals surface area contributed by atoms with Gasteiger partial charge in [0.15, 0.2) is 5.78 Å². The third-order valence-corrected chi connectivity index (χ3v) is 2.83. The molecule has 0 aromatic heterocycles. The molecule has 4 nitrogen and oxygen atoms in total. The van der Waals surface area contributed by atoms with Crippen LogP contribution in [0.3, 0.4) is 0 Å². The van der Waals surface area contributed by atoms with Crippen LogP contribution in [0.4, 0.5) is 20.6 Å². The second kappa shape index (κ2) is 6.17. The van der Waals surface area contributed by atoms with Gasteiger partial charge in [-0.2, -0.15) is 0 Å². The summed E-state index contributed by atoms with van der Waals surface area (Å²) in [6.45, 7) is 3.19. The van der Waals surface area contributed by atoms with E-state index in [2.05, 4.69) is 10.6 Å². The van der Waals surface area contributed by atoms with E-state index in [0.717, 1.165) is 0 Å². The van der Waals surface area contributed by atoms with E-state index in [4.69, 9.17) is 0 Å². The van der Waals surface area contributed by atoms with Gasteiger partial charge in [-0.25, -0.2) is 9.18 Å². The van der Waals surface area contributed by atoms with Crippen molar-refractivity contribution in [1.82, 2.24) is 0 Å². The Kier molecular flexibility index (Phi) is 4.33. The number of hydrogen-bond acceptors (Lipinski definition) is 2. The quantitative estimate of drug-likeness (QED) is 0.838. The molecular formula is C16H15FN2O2. The van der Waals surface area contributed by atoms with Gasteiger partial charge in [0.2, 0.25) is 0 Å². The third-order valence-electron chi connectivity index (χ3n) is 2.83. The van der Waals surface area contributed by atoms with Gasteiger partial charge in [-0.05, 0) is 49.7 Å². The minimum atomic E-state index is -0.499. The summed E-state index contributed by atoms with van der Waals surface area (Å²) in [5.74, 6) is -0.497. The van der Waals surface area contributed by atoms with Crippen molar-refractivity contribution in [3.05, 3.63) is 59.4 Å². The van der Waals surface area contributed by atoms with Crippen LogP contribution in [-0.4, -0.2) is 11.8 Å². The van der Waals surface area contributed by atoms with Crippen LogP contribution in [0.2, 0.25) is 0 Å². The van der Waals surface area contributed by atoms with Crippen molar-refractivity contribution in [2.24, 2.45) is 0 Å². The first-order valence-corrected chi connectivity index (χ1v) is 6.40. The van der Waals surface area contributed by atoms with Gasteiger partial charge in [0.25, 0.3) is 0 Å². The van der Waals surface area contributed by atoms with Crippen LogP contribution in [0, 0.1) is 12.7 Å². The number of urea groups is 1. The second-order valence-electron chi connectivity index (χ2n) is 4.73. The lowest BCUT2D eigenvalue weighted by Gasteiger charge is -2.09. The SMILES string of the molecule is CC(=O)c1cccc(NC(=O)Nc2cc(C)cc(F)c2)c1. The zero-order valence-electron chi connectivity index (χ0n) is 11.7. The maximum atomic E-state index is 13.2. The molecule has 2 N–H and O–H groups in total. The molecule has 0 unspecified atom stereocenters. The highest BCUT2D eigenvalue weighted by atomic mass is 19.1. The number of hydrogen-bond donors (Lipinski definition) is 2. The number of Topliss-reactive ketones (excluding diaryl/α,β-unsaturated/α-hetero) is 1. The van der Waals surface area contributed by atoms with E-state index in [-0.39, 0.29) is 5.78 Å². The van der Waals surface area contributed by atoms with Crippen LogP contribution in [-0.2, 0) is 0 Å². The minimum Gasteiger partial charge on any atom is -0.308 e. The van der Waals surface area contributed by atoms with Gasteiger partial charge in [-0.15, -0.1) is 0 Å². The van der Waals surface area contributed by atoms with Crippen molar-refractivity contribution >= 4 is 23.2 Å². The number of halogens is 1. The largest absolute Gasteiger partial charge is 0.323 e. The molecule has 21 heavy (non-hydrogen) atoms. The summed E-state index contributed by atoms with van der Waals surface area (Å²) in [6, 6.07) is 10.4. The number of rotatable bonds is 3. The van der Waals surface area contributed by atoms with Crippen LogP contribution in [0.25, 0.3) is 0 Å². The Morgan fingerprint density at radius 1 is 1.00 bits per heavy atom. The highest BCUT2D eigenvalue weighted by molar-refractivity contribution is 6.01. The van der Waals surface area contributed by atoms with Gasteiger partial charge in [-0.3, -0.25) is 4.79 Å². The highest BCUT2D eigenvalue weighted by Gasteiger charge is 2.06. The standard InChI is InChI=1S/C16H15FN2O2/c1-10-6-13(17)9-15(7-10)19-16(21)18-14-5-3-4-12(8-14)11(2)20/h3-9H,1-2H3,(H2,18,19,21). The Balaban J connectivity index is 2.08. The Morgan fingerprint density at radius 2 is 1.71 bits per heavy atom. The molecule has 0 saturated carbocycles. The number of anilines is 2. The van der Waals surface area contributed by atoms with Crippen molar-refractivity contribution in [1.29, 1.82) is 0 Å². The summed E-state index contributed by atoms with van der Waals surface area (Å²) in [5, 5.41) is 5.15. The minimum absolute atomic E-state index is 0.0835. The lowest BCUT2D eigenvalue weighted by atomic mass is 10.1. The molecule has 108 valence electrons. The van der Waals surface area contributed by atoms with Gasteiger partial charge in [0, 0.05) is 16.9 Å². The first-order valence-electron chi connectivity index (χ1n) is 6.40. The Morgan fingerprint density at radius 3 is 2.38 bits per heavy atom. The smallest absolute Gasteiger partial charge is 0.308 e. The third kappa shape index (κ3) is 4.14. The van der Waals surface area contributed by atoms with E-state index in [1.165, 1.54) is 19.1 Å². The molecule has 2 aromatic rings. The average molecular weight is 286 g/mol. The van der Waals surface area contributed by atoms with Crippen LogP contribution in [0.5, 0.6) is 0 Å². The molecule has 0 radical (unpaired) electrons. The van der Waals surface area contributed by atoms with Gasteiger partial charge >= 0.3 is 6.03 Å².